The molecule has 3 heterocycles. The van der Waals surface area contributed by atoms with Crippen LogP contribution in [0.4, 0.5) is 5.69 Å². The number of para-hydroxylation sites is 1. The molecular weight excluding hydrogens is 378 g/mol. The van der Waals surface area contributed by atoms with Crippen LogP contribution < -0.4 is 10.6 Å². The molecule has 0 unspecified atom stereocenters. The van der Waals surface area contributed by atoms with E-state index in [1.165, 1.54) is 0 Å². The summed E-state index contributed by atoms with van der Waals surface area (Å²) in [7, 11) is 1.88. The van der Waals surface area contributed by atoms with E-state index < -0.39 is 0 Å². The number of nitrogens with zero attached hydrogens (tertiary/aromatic N) is 3. The molecular formula is C20H26ClN5O2. The molecule has 2 aliphatic rings. The first-order valence-electron chi connectivity index (χ1n) is 9.52. The summed E-state index contributed by atoms with van der Waals surface area (Å²) in [6.45, 7) is 2.94. The van der Waals surface area contributed by atoms with Crippen LogP contribution in [0.1, 0.15) is 34.7 Å². The minimum atomic E-state index is -0.191. The van der Waals surface area contributed by atoms with Gasteiger partial charge in [-0.2, -0.15) is 5.10 Å². The van der Waals surface area contributed by atoms with Crippen LogP contribution in [-0.2, 0) is 11.8 Å². The van der Waals surface area contributed by atoms with Crippen molar-refractivity contribution in [1.29, 1.82) is 0 Å². The topological polar surface area (TPSA) is 79.3 Å². The quantitative estimate of drug-likeness (QED) is 0.818. The van der Waals surface area contributed by atoms with E-state index in [9.17, 15) is 9.59 Å². The fourth-order valence-electron chi connectivity index (χ4n) is 4.03. The second-order valence-corrected chi connectivity index (χ2v) is 7.35. The molecule has 2 aromatic rings. The summed E-state index contributed by atoms with van der Waals surface area (Å²) >= 11 is 0. The Bertz CT molecular complexity index is 847. The van der Waals surface area contributed by atoms with Gasteiger partial charge in [0.05, 0.1) is 23.4 Å². The lowest BCUT2D eigenvalue weighted by molar-refractivity contribution is -0.119. The number of carbonyl (C=O) groups is 2. The van der Waals surface area contributed by atoms with Crippen LogP contribution in [-0.4, -0.2) is 52.7 Å². The minimum absolute atomic E-state index is 0. The van der Waals surface area contributed by atoms with Gasteiger partial charge in [-0.15, -0.1) is 12.4 Å². The molecule has 8 heteroatoms. The number of amides is 2. The fourth-order valence-corrected chi connectivity index (χ4v) is 4.03. The van der Waals surface area contributed by atoms with Crippen LogP contribution in [0.5, 0.6) is 0 Å². The Hall–Kier alpha value is -2.38. The number of rotatable bonds is 4. The SMILES string of the molecule is Cl.Cn1cc([C@H]2CNC[C@@H]2C(=O)Nc2ccccc2C(=O)N2CCCC2)cn1. The molecule has 0 spiro atoms. The van der Waals surface area contributed by atoms with Gasteiger partial charge in [0.2, 0.25) is 5.91 Å². The number of anilines is 1. The number of benzene rings is 1. The molecule has 0 bridgehead atoms. The third-order valence-electron chi connectivity index (χ3n) is 5.51. The number of hydrogen-bond acceptors (Lipinski definition) is 4. The number of likely N-dealkylation sites (tertiary alicyclic amines) is 1. The third kappa shape index (κ3) is 4.05. The van der Waals surface area contributed by atoms with Gasteiger partial charge in [-0.3, -0.25) is 14.3 Å². The lowest BCUT2D eigenvalue weighted by Gasteiger charge is -2.20. The Morgan fingerprint density at radius 3 is 2.64 bits per heavy atom. The molecule has 0 saturated carbocycles. The van der Waals surface area contributed by atoms with E-state index in [1.807, 2.05) is 42.5 Å². The number of nitrogens with one attached hydrogen (secondary N) is 2. The van der Waals surface area contributed by atoms with Crippen LogP contribution in [0, 0.1) is 5.92 Å². The maximum Gasteiger partial charge on any atom is 0.255 e. The maximum atomic E-state index is 13.0. The van der Waals surface area contributed by atoms with E-state index in [2.05, 4.69) is 15.7 Å². The number of hydrogen-bond donors (Lipinski definition) is 2. The Balaban J connectivity index is 0.00000225. The van der Waals surface area contributed by atoms with Crippen molar-refractivity contribution in [2.75, 3.05) is 31.5 Å². The van der Waals surface area contributed by atoms with E-state index in [0.29, 0.717) is 17.8 Å². The molecule has 2 aliphatic heterocycles. The van der Waals surface area contributed by atoms with Crippen molar-refractivity contribution < 1.29 is 9.59 Å². The fraction of sp³-hybridized carbons (Fsp3) is 0.450. The number of aromatic nitrogens is 2. The van der Waals surface area contributed by atoms with Crippen molar-refractivity contribution in [2.24, 2.45) is 13.0 Å². The molecule has 2 fully saturated rings. The van der Waals surface area contributed by atoms with Gasteiger partial charge in [-0.25, -0.2) is 0 Å². The van der Waals surface area contributed by atoms with Crippen molar-refractivity contribution in [3.63, 3.8) is 0 Å². The Labute approximate surface area is 170 Å². The average Bonchev–Trinajstić information content (AvgIpc) is 3.42. The van der Waals surface area contributed by atoms with Crippen LogP contribution >= 0.6 is 12.4 Å². The first kappa shape index (κ1) is 20.4. The summed E-state index contributed by atoms with van der Waals surface area (Å²) in [5.41, 5.74) is 2.22. The third-order valence-corrected chi connectivity index (χ3v) is 5.51. The molecule has 1 aromatic carbocycles. The molecule has 28 heavy (non-hydrogen) atoms. The Morgan fingerprint density at radius 2 is 1.93 bits per heavy atom. The van der Waals surface area contributed by atoms with E-state index in [0.717, 1.165) is 38.0 Å². The minimum Gasteiger partial charge on any atom is -0.339 e. The van der Waals surface area contributed by atoms with Crippen LogP contribution in [0.2, 0.25) is 0 Å². The van der Waals surface area contributed by atoms with Gasteiger partial charge in [0, 0.05) is 45.3 Å². The standard InChI is InChI=1S/C20H25N5O2.ClH/c1-24-13-14(10-22-24)16-11-21-12-17(16)19(26)23-18-7-3-2-6-15(18)20(27)25-8-4-5-9-25;/h2-3,6-7,10,13,16-17,21H,4-5,8-9,11-12H2,1H3,(H,23,26);1H/t16-,17+;/m1./s1. The number of aryl methyl sites for hydroxylation is 1. The van der Waals surface area contributed by atoms with Crippen molar-refractivity contribution in [3.8, 4) is 0 Å². The highest BCUT2D eigenvalue weighted by molar-refractivity contribution is 6.04. The monoisotopic (exact) mass is 403 g/mol. The maximum absolute atomic E-state index is 13.0. The zero-order chi connectivity index (χ0) is 18.8. The van der Waals surface area contributed by atoms with E-state index in [4.69, 9.17) is 0 Å². The molecule has 2 atom stereocenters. The van der Waals surface area contributed by atoms with Gasteiger partial charge in [0.25, 0.3) is 5.91 Å². The number of carbonyl (C=O) groups excluding carboxylic acids is 2. The molecule has 2 saturated heterocycles. The summed E-state index contributed by atoms with van der Waals surface area (Å²) in [4.78, 5) is 27.7. The second kappa shape index (κ2) is 8.75. The second-order valence-electron chi connectivity index (χ2n) is 7.35. The Kier molecular flexibility index (Phi) is 6.36. The normalized spacial score (nSPS) is 21.4. The summed E-state index contributed by atoms with van der Waals surface area (Å²) in [6, 6.07) is 7.29. The van der Waals surface area contributed by atoms with Gasteiger partial charge in [-0.05, 0) is 30.5 Å². The van der Waals surface area contributed by atoms with Gasteiger partial charge in [0.15, 0.2) is 0 Å². The molecule has 150 valence electrons. The molecule has 7 nitrogen and oxygen atoms in total. The van der Waals surface area contributed by atoms with E-state index >= 15 is 0 Å². The van der Waals surface area contributed by atoms with Crippen molar-refractivity contribution in [3.05, 3.63) is 47.8 Å². The summed E-state index contributed by atoms with van der Waals surface area (Å²) < 4.78 is 1.76. The summed E-state index contributed by atoms with van der Waals surface area (Å²) in [5, 5.41) is 10.5. The lowest BCUT2D eigenvalue weighted by Crippen LogP contribution is -2.31. The molecule has 0 aliphatic carbocycles. The van der Waals surface area contributed by atoms with Gasteiger partial charge < -0.3 is 15.5 Å². The van der Waals surface area contributed by atoms with Crippen molar-refractivity contribution in [1.82, 2.24) is 20.0 Å². The van der Waals surface area contributed by atoms with Crippen LogP contribution in [0.25, 0.3) is 0 Å². The Morgan fingerprint density at radius 1 is 1.18 bits per heavy atom. The molecule has 2 amide bonds. The highest BCUT2D eigenvalue weighted by Gasteiger charge is 2.35. The molecule has 4 rings (SSSR count). The first-order valence-corrected chi connectivity index (χ1v) is 9.52. The lowest BCUT2D eigenvalue weighted by atomic mass is 9.90. The van der Waals surface area contributed by atoms with E-state index in [-0.39, 0.29) is 36.1 Å². The predicted molar refractivity (Wildman–Crippen MR) is 110 cm³/mol. The molecule has 0 radical (unpaired) electrons. The summed E-state index contributed by atoms with van der Waals surface area (Å²) in [5.74, 6) is -0.170. The largest absolute Gasteiger partial charge is 0.339 e. The smallest absolute Gasteiger partial charge is 0.255 e. The predicted octanol–water partition coefficient (Wildman–Crippen LogP) is 2.02. The zero-order valence-electron chi connectivity index (χ0n) is 15.9. The zero-order valence-corrected chi connectivity index (χ0v) is 16.7. The number of halogens is 1. The van der Waals surface area contributed by atoms with Crippen LogP contribution in [0.15, 0.2) is 36.7 Å². The highest BCUT2D eigenvalue weighted by Crippen LogP contribution is 2.29. The first-order chi connectivity index (χ1) is 13.1. The van der Waals surface area contributed by atoms with E-state index in [1.54, 1.807) is 10.7 Å². The van der Waals surface area contributed by atoms with Crippen molar-refractivity contribution >= 4 is 29.9 Å². The van der Waals surface area contributed by atoms with Gasteiger partial charge in [-0.1, -0.05) is 12.1 Å². The average molecular weight is 404 g/mol. The summed E-state index contributed by atoms with van der Waals surface area (Å²) in [6.07, 6.45) is 5.87. The highest BCUT2D eigenvalue weighted by atomic mass is 35.5. The molecule has 2 N–H and O–H groups in total. The van der Waals surface area contributed by atoms with Crippen molar-refractivity contribution in [2.45, 2.75) is 18.8 Å². The van der Waals surface area contributed by atoms with Crippen LogP contribution in [0.3, 0.4) is 0 Å². The van der Waals surface area contributed by atoms with Gasteiger partial charge in [0.1, 0.15) is 0 Å². The molecule has 1 aromatic heterocycles. The van der Waals surface area contributed by atoms with Gasteiger partial charge >= 0.3 is 0 Å².